The summed E-state index contributed by atoms with van der Waals surface area (Å²) in [5, 5.41) is 22.6. The van der Waals surface area contributed by atoms with Gasteiger partial charge in [0, 0.05) is 19.2 Å². The minimum Gasteiger partial charge on any atom is -0.367 e. The molecular formula is C17H17N5O. The molecule has 6 nitrogen and oxygen atoms in total. The number of amides is 1. The van der Waals surface area contributed by atoms with Crippen molar-refractivity contribution >= 4 is 17.8 Å². The number of carbonyl (C=O) groups excluding carboxylic acids is 1. The van der Waals surface area contributed by atoms with E-state index in [0.717, 1.165) is 11.3 Å². The third-order valence-electron chi connectivity index (χ3n) is 2.97. The first kappa shape index (κ1) is 16.2. The highest BCUT2D eigenvalue weighted by molar-refractivity contribution is 5.91. The van der Waals surface area contributed by atoms with Crippen LogP contribution in [0, 0.1) is 18.3 Å². The molecule has 0 saturated carbocycles. The maximum atomic E-state index is 11.7. The molecule has 0 bridgehead atoms. The minimum absolute atomic E-state index is 0.191. The summed E-state index contributed by atoms with van der Waals surface area (Å²) in [6, 6.07) is 12.8. The summed E-state index contributed by atoms with van der Waals surface area (Å²) < 4.78 is 0. The van der Waals surface area contributed by atoms with Crippen molar-refractivity contribution < 1.29 is 4.79 Å². The molecule has 116 valence electrons. The predicted molar refractivity (Wildman–Crippen MR) is 88.5 cm³/mol. The molecule has 0 aliphatic heterocycles. The van der Waals surface area contributed by atoms with E-state index in [2.05, 4.69) is 26.9 Å². The zero-order chi connectivity index (χ0) is 16.5. The van der Waals surface area contributed by atoms with Gasteiger partial charge in [-0.3, -0.25) is 4.79 Å². The van der Waals surface area contributed by atoms with Crippen molar-refractivity contribution in [2.45, 2.75) is 6.92 Å². The van der Waals surface area contributed by atoms with Gasteiger partial charge in [0.1, 0.15) is 5.82 Å². The Morgan fingerprint density at radius 3 is 2.87 bits per heavy atom. The van der Waals surface area contributed by atoms with Crippen LogP contribution in [0.15, 0.2) is 42.5 Å². The quantitative estimate of drug-likeness (QED) is 0.628. The molecule has 23 heavy (non-hydrogen) atoms. The second-order valence-electron chi connectivity index (χ2n) is 4.85. The van der Waals surface area contributed by atoms with Gasteiger partial charge in [-0.05, 0) is 42.8 Å². The topological polar surface area (TPSA) is 90.7 Å². The van der Waals surface area contributed by atoms with Crippen molar-refractivity contribution in [1.29, 1.82) is 5.26 Å². The Balaban J connectivity index is 1.73. The number of rotatable bonds is 6. The average molecular weight is 307 g/mol. The number of hydrogen-bond donors (Lipinski definition) is 2. The molecule has 0 radical (unpaired) electrons. The maximum Gasteiger partial charge on any atom is 0.244 e. The summed E-state index contributed by atoms with van der Waals surface area (Å²) in [5.41, 5.74) is 2.23. The lowest BCUT2D eigenvalue weighted by Gasteiger charge is -2.05. The fraction of sp³-hybridized carbons (Fsp3) is 0.176. The number of nitrogens with one attached hydrogen (secondary N) is 2. The largest absolute Gasteiger partial charge is 0.367 e. The van der Waals surface area contributed by atoms with Gasteiger partial charge in [-0.1, -0.05) is 12.1 Å². The Hall–Kier alpha value is -3.20. The molecule has 1 heterocycles. The lowest BCUT2D eigenvalue weighted by atomic mass is 10.1. The van der Waals surface area contributed by atoms with E-state index < -0.39 is 0 Å². The second-order valence-corrected chi connectivity index (χ2v) is 4.85. The maximum absolute atomic E-state index is 11.7. The molecule has 2 aromatic rings. The molecule has 1 aromatic heterocycles. The molecule has 0 aliphatic rings. The Morgan fingerprint density at radius 1 is 1.26 bits per heavy atom. The molecule has 1 amide bonds. The van der Waals surface area contributed by atoms with Gasteiger partial charge < -0.3 is 10.6 Å². The lowest BCUT2D eigenvalue weighted by Crippen LogP contribution is -2.27. The van der Waals surface area contributed by atoms with Gasteiger partial charge in [-0.25, -0.2) is 0 Å². The summed E-state index contributed by atoms with van der Waals surface area (Å²) in [6.07, 6.45) is 3.12. The van der Waals surface area contributed by atoms with Crippen molar-refractivity contribution in [3.8, 4) is 6.07 Å². The van der Waals surface area contributed by atoms with Crippen molar-refractivity contribution in [2.24, 2.45) is 0 Å². The first-order valence-corrected chi connectivity index (χ1v) is 7.17. The number of benzene rings is 1. The van der Waals surface area contributed by atoms with Crippen LogP contribution in [0.4, 0.5) is 5.82 Å². The van der Waals surface area contributed by atoms with Crippen LogP contribution in [0.1, 0.15) is 16.8 Å². The van der Waals surface area contributed by atoms with E-state index in [4.69, 9.17) is 5.26 Å². The van der Waals surface area contributed by atoms with Gasteiger partial charge in [0.05, 0.1) is 17.3 Å². The molecule has 0 fully saturated rings. The second kappa shape index (κ2) is 8.29. The van der Waals surface area contributed by atoms with Crippen LogP contribution in [-0.2, 0) is 4.79 Å². The monoisotopic (exact) mass is 307 g/mol. The minimum atomic E-state index is -0.191. The third kappa shape index (κ3) is 5.59. The third-order valence-corrected chi connectivity index (χ3v) is 2.97. The van der Waals surface area contributed by atoms with Crippen LogP contribution < -0.4 is 10.6 Å². The van der Waals surface area contributed by atoms with E-state index >= 15 is 0 Å². The molecule has 1 aromatic carbocycles. The Kier molecular flexibility index (Phi) is 5.83. The number of aryl methyl sites for hydroxylation is 1. The first-order chi connectivity index (χ1) is 11.2. The van der Waals surface area contributed by atoms with E-state index in [1.54, 1.807) is 24.3 Å². The molecule has 2 rings (SSSR count). The zero-order valence-corrected chi connectivity index (χ0v) is 12.8. The molecule has 0 saturated heterocycles. The summed E-state index contributed by atoms with van der Waals surface area (Å²) in [5.74, 6) is 0.484. The summed E-state index contributed by atoms with van der Waals surface area (Å²) in [6.45, 7) is 2.90. The Morgan fingerprint density at radius 2 is 2.13 bits per heavy atom. The highest BCUT2D eigenvalue weighted by Crippen LogP contribution is 2.05. The first-order valence-electron chi connectivity index (χ1n) is 7.17. The van der Waals surface area contributed by atoms with Crippen LogP contribution in [0.3, 0.4) is 0 Å². The van der Waals surface area contributed by atoms with Crippen LogP contribution in [0.25, 0.3) is 6.08 Å². The molecule has 0 atom stereocenters. The number of hydrogen-bond acceptors (Lipinski definition) is 5. The van der Waals surface area contributed by atoms with Gasteiger partial charge >= 0.3 is 0 Å². The van der Waals surface area contributed by atoms with E-state index in [9.17, 15) is 4.79 Å². The zero-order valence-electron chi connectivity index (χ0n) is 12.8. The van der Waals surface area contributed by atoms with Gasteiger partial charge in [0.15, 0.2) is 0 Å². The molecule has 0 spiro atoms. The lowest BCUT2D eigenvalue weighted by molar-refractivity contribution is -0.116. The highest BCUT2D eigenvalue weighted by Gasteiger charge is 1.97. The average Bonchev–Trinajstić information content (AvgIpc) is 2.58. The molecule has 6 heteroatoms. The highest BCUT2D eigenvalue weighted by atomic mass is 16.1. The molecule has 0 aliphatic carbocycles. The molecule has 0 unspecified atom stereocenters. The number of carbonyl (C=O) groups is 1. The molecular weight excluding hydrogens is 290 g/mol. The van der Waals surface area contributed by atoms with Crippen LogP contribution >= 0.6 is 0 Å². The van der Waals surface area contributed by atoms with E-state index in [0.29, 0.717) is 24.5 Å². The fourth-order valence-corrected chi connectivity index (χ4v) is 1.81. The van der Waals surface area contributed by atoms with Crippen molar-refractivity contribution in [2.75, 3.05) is 18.4 Å². The summed E-state index contributed by atoms with van der Waals surface area (Å²) >= 11 is 0. The Labute approximate surface area is 134 Å². The number of nitriles is 1. The number of anilines is 1. The number of aromatic nitrogens is 2. The normalized spacial score (nSPS) is 10.3. The van der Waals surface area contributed by atoms with Crippen LogP contribution in [-0.4, -0.2) is 29.2 Å². The fourth-order valence-electron chi connectivity index (χ4n) is 1.81. The molecule has 2 N–H and O–H groups in total. The standard InChI is InChI=1S/C17H17N5O/c1-13-5-7-16(22-21-13)19-9-10-20-17(23)8-6-14-3-2-4-15(11-14)12-18/h2-8,11H,9-10H2,1H3,(H,19,22)(H,20,23)/b8-6-. The van der Waals surface area contributed by atoms with Gasteiger partial charge in [-0.2, -0.15) is 10.4 Å². The van der Waals surface area contributed by atoms with Crippen molar-refractivity contribution in [1.82, 2.24) is 15.5 Å². The van der Waals surface area contributed by atoms with Crippen molar-refractivity contribution in [3.05, 3.63) is 59.3 Å². The van der Waals surface area contributed by atoms with Crippen LogP contribution in [0.2, 0.25) is 0 Å². The van der Waals surface area contributed by atoms with Gasteiger partial charge in [0.25, 0.3) is 0 Å². The van der Waals surface area contributed by atoms with Crippen molar-refractivity contribution in [3.63, 3.8) is 0 Å². The summed E-state index contributed by atoms with van der Waals surface area (Å²) in [4.78, 5) is 11.7. The summed E-state index contributed by atoms with van der Waals surface area (Å²) in [7, 11) is 0. The van der Waals surface area contributed by atoms with E-state index in [1.165, 1.54) is 6.08 Å². The Bertz CT molecular complexity index is 731. The smallest absolute Gasteiger partial charge is 0.244 e. The van der Waals surface area contributed by atoms with Gasteiger partial charge in [0.2, 0.25) is 5.91 Å². The predicted octanol–water partition coefficient (Wildman–Crippen LogP) is 1.90. The van der Waals surface area contributed by atoms with E-state index in [1.807, 2.05) is 25.1 Å². The van der Waals surface area contributed by atoms with Crippen LogP contribution in [0.5, 0.6) is 0 Å². The SMILES string of the molecule is Cc1ccc(NCCNC(=O)/C=C\c2cccc(C#N)c2)nn1. The van der Waals surface area contributed by atoms with Gasteiger partial charge in [-0.15, -0.1) is 5.10 Å². The van der Waals surface area contributed by atoms with E-state index in [-0.39, 0.29) is 5.91 Å². The number of nitrogens with zero attached hydrogens (tertiary/aromatic N) is 3.